The van der Waals surface area contributed by atoms with Crippen molar-refractivity contribution in [2.75, 3.05) is 6.54 Å². The molecule has 0 atom stereocenters. The first kappa shape index (κ1) is 12.8. The monoisotopic (exact) mass is 173 g/mol. The molecule has 0 unspecified atom stereocenters. The van der Waals surface area contributed by atoms with Crippen LogP contribution in [0.15, 0.2) is 0 Å². The Kier molecular flexibility index (Phi) is 4.45. The van der Waals surface area contributed by atoms with E-state index in [2.05, 4.69) is 0 Å². The average molecular weight is 174 g/mol. The molecular weight excluding hydrogens is 160 g/mol. The summed E-state index contributed by atoms with van der Waals surface area (Å²) in [7, 11) is 0. The van der Waals surface area contributed by atoms with Crippen LogP contribution in [0.25, 0.3) is 0 Å². The Labute approximate surface area is 66.4 Å². The highest BCUT2D eigenvalue weighted by Gasteiger charge is 2.41. The molecule has 0 rings (SSSR count). The first-order chi connectivity index (χ1) is 3.81. The van der Waals surface area contributed by atoms with Crippen LogP contribution >= 0.6 is 12.4 Å². The van der Waals surface area contributed by atoms with Gasteiger partial charge in [-0.05, 0) is 0 Å². The highest BCUT2D eigenvalue weighted by atomic mass is 35.5. The summed E-state index contributed by atoms with van der Waals surface area (Å²) in [5, 5.41) is 0. The van der Waals surface area contributed by atoms with Crippen molar-refractivity contribution in [3.63, 3.8) is 0 Å². The van der Waals surface area contributed by atoms with Crippen molar-refractivity contribution in [2.24, 2.45) is 11.1 Å². The van der Waals surface area contributed by atoms with Gasteiger partial charge in [0.15, 0.2) is 0 Å². The van der Waals surface area contributed by atoms with Crippen LogP contribution in [0.4, 0.5) is 8.78 Å². The van der Waals surface area contributed by atoms with Crippen LogP contribution in [0.3, 0.4) is 0 Å². The lowest BCUT2D eigenvalue weighted by Gasteiger charge is -2.28. The second-order valence-electron chi connectivity index (χ2n) is 3.16. The molecular formula is C6H14ClF2N. The van der Waals surface area contributed by atoms with Crippen LogP contribution in [0.1, 0.15) is 20.8 Å². The smallest absolute Gasteiger partial charge is 0.264 e. The first-order valence-electron chi connectivity index (χ1n) is 2.89. The van der Waals surface area contributed by atoms with Crippen molar-refractivity contribution in [3.8, 4) is 0 Å². The summed E-state index contributed by atoms with van der Waals surface area (Å²) in [5.41, 5.74) is 3.83. The zero-order valence-electron chi connectivity index (χ0n) is 6.45. The van der Waals surface area contributed by atoms with Gasteiger partial charge in [-0.25, -0.2) is 8.78 Å². The van der Waals surface area contributed by atoms with Crippen molar-refractivity contribution >= 4 is 12.4 Å². The van der Waals surface area contributed by atoms with E-state index in [9.17, 15) is 8.78 Å². The van der Waals surface area contributed by atoms with Gasteiger partial charge in [0.2, 0.25) is 0 Å². The fraction of sp³-hybridized carbons (Fsp3) is 1.00. The highest BCUT2D eigenvalue weighted by Crippen LogP contribution is 2.34. The molecule has 0 fully saturated rings. The second-order valence-corrected chi connectivity index (χ2v) is 3.16. The molecule has 2 N–H and O–H groups in total. The van der Waals surface area contributed by atoms with E-state index in [1.165, 1.54) is 20.8 Å². The predicted molar refractivity (Wildman–Crippen MR) is 40.7 cm³/mol. The minimum absolute atomic E-state index is 0. The zero-order chi connectivity index (χ0) is 7.71. The van der Waals surface area contributed by atoms with Gasteiger partial charge in [0.05, 0.1) is 6.54 Å². The van der Waals surface area contributed by atoms with Gasteiger partial charge in [-0.2, -0.15) is 0 Å². The van der Waals surface area contributed by atoms with E-state index in [4.69, 9.17) is 5.73 Å². The van der Waals surface area contributed by atoms with Gasteiger partial charge >= 0.3 is 0 Å². The number of hydrogen-bond donors (Lipinski definition) is 1. The van der Waals surface area contributed by atoms with Crippen LogP contribution in [0.5, 0.6) is 0 Å². The van der Waals surface area contributed by atoms with Crippen molar-refractivity contribution in [1.82, 2.24) is 0 Å². The van der Waals surface area contributed by atoms with Crippen molar-refractivity contribution in [3.05, 3.63) is 0 Å². The van der Waals surface area contributed by atoms with E-state index in [-0.39, 0.29) is 12.4 Å². The van der Waals surface area contributed by atoms with Crippen LogP contribution in [-0.4, -0.2) is 12.5 Å². The minimum atomic E-state index is -2.74. The molecule has 0 saturated carbocycles. The van der Waals surface area contributed by atoms with E-state index in [1.807, 2.05) is 0 Å². The first-order valence-corrected chi connectivity index (χ1v) is 2.89. The number of rotatable bonds is 1. The zero-order valence-corrected chi connectivity index (χ0v) is 7.27. The third-order valence-corrected chi connectivity index (χ3v) is 1.35. The molecule has 0 amide bonds. The molecule has 0 aliphatic rings. The molecule has 10 heavy (non-hydrogen) atoms. The second kappa shape index (κ2) is 3.49. The summed E-state index contributed by atoms with van der Waals surface area (Å²) in [6, 6.07) is 0. The molecule has 0 saturated heterocycles. The van der Waals surface area contributed by atoms with Crippen LogP contribution in [0.2, 0.25) is 0 Å². The molecule has 0 aliphatic heterocycles. The van der Waals surface area contributed by atoms with E-state index < -0.39 is 17.9 Å². The van der Waals surface area contributed by atoms with Crippen LogP contribution < -0.4 is 5.73 Å². The number of nitrogens with two attached hydrogens (primary N) is 1. The quantitative estimate of drug-likeness (QED) is 0.646. The Morgan fingerprint density at radius 3 is 1.50 bits per heavy atom. The fourth-order valence-electron chi connectivity index (χ4n) is 0.306. The maximum absolute atomic E-state index is 12.5. The minimum Gasteiger partial charge on any atom is -0.325 e. The molecule has 0 radical (unpaired) electrons. The van der Waals surface area contributed by atoms with Crippen LogP contribution in [-0.2, 0) is 0 Å². The Morgan fingerprint density at radius 1 is 1.20 bits per heavy atom. The average Bonchev–Trinajstić information content (AvgIpc) is 1.64. The van der Waals surface area contributed by atoms with E-state index >= 15 is 0 Å². The molecule has 0 aromatic rings. The van der Waals surface area contributed by atoms with Gasteiger partial charge in [0.25, 0.3) is 5.92 Å². The summed E-state index contributed by atoms with van der Waals surface area (Å²) >= 11 is 0. The van der Waals surface area contributed by atoms with E-state index in [0.717, 1.165) is 0 Å². The number of alkyl halides is 2. The molecule has 4 heteroatoms. The Bertz CT molecular complexity index is 98.4. The van der Waals surface area contributed by atoms with Crippen molar-refractivity contribution in [1.29, 1.82) is 0 Å². The van der Waals surface area contributed by atoms with Crippen molar-refractivity contribution in [2.45, 2.75) is 26.7 Å². The lowest BCUT2D eigenvalue weighted by molar-refractivity contribution is -0.0870. The largest absolute Gasteiger partial charge is 0.325 e. The van der Waals surface area contributed by atoms with Gasteiger partial charge in [-0.3, -0.25) is 0 Å². The lowest BCUT2D eigenvalue weighted by Crippen LogP contribution is -2.40. The Hall–Kier alpha value is 0.110. The normalized spacial score (nSPS) is 12.6. The molecule has 1 nitrogen and oxygen atoms in total. The molecule has 64 valence electrons. The summed E-state index contributed by atoms with van der Waals surface area (Å²) in [6.45, 7) is 3.84. The number of hydrogen-bond acceptors (Lipinski definition) is 1. The molecule has 0 aliphatic carbocycles. The lowest BCUT2D eigenvalue weighted by atomic mass is 9.88. The molecule has 0 bridgehead atoms. The fourth-order valence-corrected chi connectivity index (χ4v) is 0.306. The third kappa shape index (κ3) is 2.80. The third-order valence-electron chi connectivity index (χ3n) is 1.35. The van der Waals surface area contributed by atoms with E-state index in [0.29, 0.717) is 0 Å². The summed E-state index contributed by atoms with van der Waals surface area (Å²) < 4.78 is 25.1. The standard InChI is InChI=1S/C6H13F2N.ClH/c1-5(2,3)6(7,8)4-9;/h4,9H2,1-3H3;1H. The van der Waals surface area contributed by atoms with Crippen LogP contribution in [0, 0.1) is 5.41 Å². The topological polar surface area (TPSA) is 26.0 Å². The molecule has 0 aromatic heterocycles. The maximum Gasteiger partial charge on any atom is 0.264 e. The van der Waals surface area contributed by atoms with Gasteiger partial charge < -0.3 is 5.73 Å². The summed E-state index contributed by atoms with van der Waals surface area (Å²) in [5.74, 6) is -2.74. The SMILES string of the molecule is CC(C)(C)C(F)(F)CN.Cl. The Morgan fingerprint density at radius 2 is 1.50 bits per heavy atom. The number of halogens is 3. The van der Waals surface area contributed by atoms with Gasteiger partial charge in [0, 0.05) is 5.41 Å². The summed E-state index contributed by atoms with van der Waals surface area (Å²) in [6.07, 6.45) is 0. The molecule has 0 spiro atoms. The molecule has 0 heterocycles. The van der Waals surface area contributed by atoms with Gasteiger partial charge in [-0.15, -0.1) is 12.4 Å². The Balaban J connectivity index is 0. The predicted octanol–water partition coefficient (Wildman–Crippen LogP) is 2.05. The highest BCUT2D eigenvalue weighted by molar-refractivity contribution is 5.85. The van der Waals surface area contributed by atoms with Gasteiger partial charge in [-0.1, -0.05) is 20.8 Å². The van der Waals surface area contributed by atoms with Crippen molar-refractivity contribution < 1.29 is 8.78 Å². The summed E-state index contributed by atoms with van der Waals surface area (Å²) in [4.78, 5) is 0. The maximum atomic E-state index is 12.5. The van der Waals surface area contributed by atoms with E-state index in [1.54, 1.807) is 0 Å². The van der Waals surface area contributed by atoms with Gasteiger partial charge in [0.1, 0.15) is 0 Å². The molecule has 0 aromatic carbocycles.